The zero-order valence-electron chi connectivity index (χ0n) is 12.7. The Morgan fingerprint density at radius 3 is 2.45 bits per heavy atom. The third-order valence-corrected chi connectivity index (χ3v) is 3.56. The topological polar surface area (TPSA) is 81.1 Å². The summed E-state index contributed by atoms with van der Waals surface area (Å²) in [5, 5.41) is 2.91. The molecule has 0 aliphatic rings. The third kappa shape index (κ3) is 4.41. The quantitative estimate of drug-likeness (QED) is 0.732. The van der Waals surface area contributed by atoms with E-state index in [1.807, 2.05) is 54.6 Å². The number of rotatable bonds is 7. The maximum Gasteiger partial charge on any atom is 0.251 e. The number of nitrogens with one attached hydrogen (secondary N) is 1. The van der Waals surface area contributed by atoms with Crippen molar-refractivity contribution in [3.63, 3.8) is 0 Å². The van der Waals surface area contributed by atoms with Gasteiger partial charge in [0.15, 0.2) is 0 Å². The van der Waals surface area contributed by atoms with Gasteiger partial charge in [-0.05, 0) is 36.6 Å². The molecule has 0 aliphatic heterocycles. The zero-order valence-corrected chi connectivity index (χ0v) is 12.7. The molecule has 0 aliphatic carbocycles. The number of carbonyl (C=O) groups excluding carboxylic acids is 1. The predicted molar refractivity (Wildman–Crippen MR) is 90.5 cm³/mol. The fraction of sp³-hybridized carbons (Fsp3) is 0.278. The van der Waals surface area contributed by atoms with Crippen LogP contribution in [0.2, 0.25) is 0 Å². The summed E-state index contributed by atoms with van der Waals surface area (Å²) in [6.07, 6.45) is 1.69. The molecule has 1 amide bonds. The molecule has 2 rings (SSSR count). The van der Waals surface area contributed by atoms with Crippen molar-refractivity contribution in [1.29, 1.82) is 0 Å². The van der Waals surface area contributed by atoms with Gasteiger partial charge >= 0.3 is 0 Å². The summed E-state index contributed by atoms with van der Waals surface area (Å²) in [6.45, 7) is 1.08. The van der Waals surface area contributed by atoms with Crippen LogP contribution in [0.15, 0.2) is 54.6 Å². The van der Waals surface area contributed by atoms with Crippen molar-refractivity contribution in [2.24, 2.45) is 11.5 Å². The van der Waals surface area contributed by atoms with Crippen LogP contribution in [0.4, 0.5) is 0 Å². The van der Waals surface area contributed by atoms with Gasteiger partial charge in [-0.2, -0.15) is 0 Å². The minimum atomic E-state index is -0.0948. The lowest BCUT2D eigenvalue weighted by molar-refractivity contribution is 0.0951. The minimum absolute atomic E-state index is 0.0589. The van der Waals surface area contributed by atoms with Crippen molar-refractivity contribution in [3.8, 4) is 11.1 Å². The van der Waals surface area contributed by atoms with Gasteiger partial charge in [-0.25, -0.2) is 0 Å². The lowest BCUT2D eigenvalue weighted by atomic mass is 9.99. The van der Waals surface area contributed by atoms with Crippen molar-refractivity contribution in [2.45, 2.75) is 18.9 Å². The zero-order chi connectivity index (χ0) is 15.8. The first-order chi connectivity index (χ1) is 10.7. The van der Waals surface area contributed by atoms with Crippen LogP contribution in [0.5, 0.6) is 0 Å². The highest BCUT2D eigenvalue weighted by Crippen LogP contribution is 2.23. The van der Waals surface area contributed by atoms with E-state index in [1.165, 1.54) is 0 Å². The first-order valence-corrected chi connectivity index (χ1v) is 7.60. The molecule has 0 heterocycles. The van der Waals surface area contributed by atoms with E-state index < -0.39 is 0 Å². The summed E-state index contributed by atoms with van der Waals surface area (Å²) < 4.78 is 0. The van der Waals surface area contributed by atoms with Gasteiger partial charge in [0.05, 0.1) is 0 Å². The molecule has 0 unspecified atom stereocenters. The summed E-state index contributed by atoms with van der Waals surface area (Å²) in [6, 6.07) is 17.4. The Labute approximate surface area is 131 Å². The van der Waals surface area contributed by atoms with Gasteiger partial charge in [0.25, 0.3) is 5.91 Å². The number of nitrogens with two attached hydrogens (primary N) is 2. The highest BCUT2D eigenvalue weighted by atomic mass is 16.1. The second-order valence-corrected chi connectivity index (χ2v) is 5.31. The van der Waals surface area contributed by atoms with Crippen LogP contribution in [0.25, 0.3) is 11.1 Å². The van der Waals surface area contributed by atoms with E-state index in [1.54, 1.807) is 0 Å². The average Bonchev–Trinajstić information content (AvgIpc) is 2.58. The highest BCUT2D eigenvalue weighted by molar-refractivity contribution is 6.00. The Bertz CT molecular complexity index is 598. The van der Waals surface area contributed by atoms with Gasteiger partial charge in [-0.3, -0.25) is 4.79 Å². The molecule has 0 aromatic heterocycles. The molecule has 4 nitrogen and oxygen atoms in total. The van der Waals surface area contributed by atoms with E-state index in [-0.39, 0.29) is 11.9 Å². The fourth-order valence-electron chi connectivity index (χ4n) is 2.35. The van der Waals surface area contributed by atoms with Gasteiger partial charge in [-0.1, -0.05) is 48.5 Å². The lowest BCUT2D eigenvalue weighted by Gasteiger charge is -2.14. The van der Waals surface area contributed by atoms with Crippen LogP contribution in [0.3, 0.4) is 0 Å². The molecule has 22 heavy (non-hydrogen) atoms. The van der Waals surface area contributed by atoms with Crippen LogP contribution in [-0.2, 0) is 0 Å². The summed E-state index contributed by atoms with van der Waals surface area (Å²) >= 11 is 0. The highest BCUT2D eigenvalue weighted by Gasteiger charge is 2.13. The lowest BCUT2D eigenvalue weighted by Crippen LogP contribution is -2.37. The fourth-order valence-corrected chi connectivity index (χ4v) is 2.35. The van der Waals surface area contributed by atoms with Gasteiger partial charge in [0, 0.05) is 18.2 Å². The average molecular weight is 297 g/mol. The normalized spacial score (nSPS) is 11.9. The Hall–Kier alpha value is -2.17. The molecule has 5 N–H and O–H groups in total. The Kier molecular flexibility index (Phi) is 6.13. The molecule has 0 bridgehead atoms. The van der Waals surface area contributed by atoms with E-state index in [2.05, 4.69) is 5.32 Å². The second-order valence-electron chi connectivity index (χ2n) is 5.31. The molecule has 2 aromatic carbocycles. The van der Waals surface area contributed by atoms with Crippen LogP contribution >= 0.6 is 0 Å². The monoisotopic (exact) mass is 297 g/mol. The molecule has 0 spiro atoms. The molecule has 4 heteroatoms. The third-order valence-electron chi connectivity index (χ3n) is 3.56. The van der Waals surface area contributed by atoms with E-state index >= 15 is 0 Å². The first-order valence-electron chi connectivity index (χ1n) is 7.60. The SMILES string of the molecule is NCCC[C@H](N)CNC(=O)c1ccccc1-c1ccccc1. The predicted octanol–water partition coefficient (Wildman–Crippen LogP) is 2.15. The molecule has 0 fully saturated rings. The summed E-state index contributed by atoms with van der Waals surface area (Å²) in [4.78, 5) is 12.4. The molecule has 116 valence electrons. The van der Waals surface area contributed by atoms with Crippen LogP contribution < -0.4 is 16.8 Å². The van der Waals surface area contributed by atoms with E-state index in [9.17, 15) is 4.79 Å². The van der Waals surface area contributed by atoms with Crippen molar-refractivity contribution in [1.82, 2.24) is 5.32 Å². The van der Waals surface area contributed by atoms with Crippen molar-refractivity contribution in [2.75, 3.05) is 13.1 Å². The number of benzene rings is 2. The molecular weight excluding hydrogens is 274 g/mol. The van der Waals surface area contributed by atoms with E-state index in [4.69, 9.17) is 11.5 Å². The Morgan fingerprint density at radius 2 is 1.73 bits per heavy atom. The van der Waals surface area contributed by atoms with Crippen LogP contribution in [0.1, 0.15) is 23.2 Å². The Balaban J connectivity index is 2.07. The van der Waals surface area contributed by atoms with Gasteiger partial charge in [0.1, 0.15) is 0 Å². The molecule has 0 saturated heterocycles. The van der Waals surface area contributed by atoms with Gasteiger partial charge < -0.3 is 16.8 Å². The number of amides is 1. The summed E-state index contributed by atoms with van der Waals surface area (Å²) in [5.41, 5.74) is 14.1. The number of hydrogen-bond acceptors (Lipinski definition) is 3. The van der Waals surface area contributed by atoms with Crippen molar-refractivity contribution in [3.05, 3.63) is 60.2 Å². The smallest absolute Gasteiger partial charge is 0.251 e. The second kappa shape index (κ2) is 8.32. The standard InChI is InChI=1S/C18H23N3O/c19-12-6-9-15(20)13-21-18(22)17-11-5-4-10-16(17)14-7-2-1-3-8-14/h1-5,7-8,10-11,15H,6,9,12-13,19-20H2,(H,21,22)/t15-/m0/s1. The van der Waals surface area contributed by atoms with Crippen molar-refractivity contribution >= 4 is 5.91 Å². The molecule has 1 atom stereocenters. The maximum absolute atomic E-state index is 12.4. The van der Waals surface area contributed by atoms with Crippen molar-refractivity contribution < 1.29 is 4.79 Å². The van der Waals surface area contributed by atoms with E-state index in [0.29, 0.717) is 18.7 Å². The van der Waals surface area contributed by atoms with Crippen LogP contribution in [0, 0.1) is 0 Å². The van der Waals surface area contributed by atoms with Crippen LogP contribution in [-0.4, -0.2) is 25.0 Å². The molecule has 2 aromatic rings. The largest absolute Gasteiger partial charge is 0.350 e. The maximum atomic E-state index is 12.4. The molecule has 0 radical (unpaired) electrons. The molecule has 0 saturated carbocycles. The number of carbonyl (C=O) groups is 1. The Morgan fingerprint density at radius 1 is 1.05 bits per heavy atom. The summed E-state index contributed by atoms with van der Waals surface area (Å²) in [7, 11) is 0. The summed E-state index contributed by atoms with van der Waals surface area (Å²) in [5.74, 6) is -0.0948. The van der Waals surface area contributed by atoms with Gasteiger partial charge in [-0.15, -0.1) is 0 Å². The first kappa shape index (κ1) is 16.2. The number of hydrogen-bond donors (Lipinski definition) is 3. The van der Waals surface area contributed by atoms with E-state index in [0.717, 1.165) is 24.0 Å². The van der Waals surface area contributed by atoms with Gasteiger partial charge in [0.2, 0.25) is 0 Å². The minimum Gasteiger partial charge on any atom is -0.350 e. The molecular formula is C18H23N3O.